The SMILES string of the molecule is CCCCC1(CCCC)NC(=NC)N(CCCCN)C1=O. The first-order chi connectivity index (χ1) is 10.1. The van der Waals surface area contributed by atoms with E-state index in [0.717, 1.165) is 63.9 Å². The maximum Gasteiger partial charge on any atom is 0.255 e. The number of amides is 1. The van der Waals surface area contributed by atoms with E-state index in [-0.39, 0.29) is 5.91 Å². The lowest BCUT2D eigenvalue weighted by Gasteiger charge is -2.27. The highest BCUT2D eigenvalue weighted by molar-refractivity contribution is 6.08. The lowest BCUT2D eigenvalue weighted by molar-refractivity contribution is -0.131. The van der Waals surface area contributed by atoms with Crippen molar-refractivity contribution in [3.05, 3.63) is 0 Å². The Morgan fingerprint density at radius 3 is 2.24 bits per heavy atom. The Balaban J connectivity index is 2.85. The Kier molecular flexibility index (Phi) is 7.72. The summed E-state index contributed by atoms with van der Waals surface area (Å²) >= 11 is 0. The molecule has 0 atom stereocenters. The Morgan fingerprint density at radius 1 is 1.14 bits per heavy atom. The lowest BCUT2D eigenvalue weighted by Crippen LogP contribution is -2.47. The van der Waals surface area contributed by atoms with Gasteiger partial charge in [0, 0.05) is 13.6 Å². The lowest BCUT2D eigenvalue weighted by atomic mass is 9.87. The van der Waals surface area contributed by atoms with Gasteiger partial charge >= 0.3 is 0 Å². The van der Waals surface area contributed by atoms with Crippen molar-refractivity contribution >= 4 is 11.9 Å². The monoisotopic (exact) mass is 296 g/mol. The Hall–Kier alpha value is -1.10. The van der Waals surface area contributed by atoms with Gasteiger partial charge in [0.1, 0.15) is 5.54 Å². The molecular formula is C16H32N4O. The quantitative estimate of drug-likeness (QED) is 0.607. The first-order valence-electron chi connectivity index (χ1n) is 8.42. The Labute approximate surface area is 129 Å². The molecule has 1 aliphatic heterocycles. The predicted molar refractivity (Wildman–Crippen MR) is 88.3 cm³/mol. The van der Waals surface area contributed by atoms with Crippen molar-refractivity contribution in [2.75, 3.05) is 20.1 Å². The molecule has 0 bridgehead atoms. The highest BCUT2D eigenvalue weighted by Crippen LogP contribution is 2.29. The maximum atomic E-state index is 13.0. The zero-order chi connectivity index (χ0) is 15.7. The van der Waals surface area contributed by atoms with Crippen LogP contribution in [0, 0.1) is 0 Å². The number of aliphatic imine (C=N–C) groups is 1. The van der Waals surface area contributed by atoms with Crippen molar-refractivity contribution in [2.24, 2.45) is 10.7 Å². The number of rotatable bonds is 10. The molecule has 0 aromatic heterocycles. The normalized spacial score (nSPS) is 19.3. The van der Waals surface area contributed by atoms with Crippen LogP contribution in [-0.4, -0.2) is 42.4 Å². The van der Waals surface area contributed by atoms with Gasteiger partial charge < -0.3 is 11.1 Å². The fourth-order valence-corrected chi connectivity index (χ4v) is 2.91. The minimum atomic E-state index is -0.427. The molecule has 1 rings (SSSR count). The van der Waals surface area contributed by atoms with E-state index in [9.17, 15) is 4.79 Å². The molecule has 1 amide bonds. The maximum absolute atomic E-state index is 13.0. The zero-order valence-corrected chi connectivity index (χ0v) is 14.0. The van der Waals surface area contributed by atoms with Crippen molar-refractivity contribution in [1.82, 2.24) is 10.2 Å². The summed E-state index contributed by atoms with van der Waals surface area (Å²) in [6, 6.07) is 0. The first-order valence-corrected chi connectivity index (χ1v) is 8.42. The van der Waals surface area contributed by atoms with Crippen LogP contribution in [0.25, 0.3) is 0 Å². The van der Waals surface area contributed by atoms with Gasteiger partial charge in [0.2, 0.25) is 5.96 Å². The molecule has 5 heteroatoms. The van der Waals surface area contributed by atoms with Crippen LogP contribution in [0.4, 0.5) is 0 Å². The third-order valence-electron chi connectivity index (χ3n) is 4.22. The second kappa shape index (κ2) is 9.03. The van der Waals surface area contributed by atoms with E-state index in [1.807, 2.05) is 4.90 Å². The van der Waals surface area contributed by atoms with Crippen molar-refractivity contribution in [3.8, 4) is 0 Å². The molecule has 3 N–H and O–H groups in total. The molecule has 1 aliphatic rings. The minimum Gasteiger partial charge on any atom is -0.341 e. The summed E-state index contributed by atoms with van der Waals surface area (Å²) in [6.45, 7) is 5.72. The van der Waals surface area contributed by atoms with Gasteiger partial charge in [-0.1, -0.05) is 39.5 Å². The fraction of sp³-hybridized carbons (Fsp3) is 0.875. The van der Waals surface area contributed by atoms with Crippen LogP contribution in [0.15, 0.2) is 4.99 Å². The van der Waals surface area contributed by atoms with E-state index >= 15 is 0 Å². The molecule has 0 aromatic rings. The number of hydrogen-bond donors (Lipinski definition) is 2. The highest BCUT2D eigenvalue weighted by atomic mass is 16.2. The van der Waals surface area contributed by atoms with Crippen LogP contribution in [0.1, 0.15) is 65.2 Å². The van der Waals surface area contributed by atoms with E-state index in [1.54, 1.807) is 7.05 Å². The van der Waals surface area contributed by atoms with E-state index in [0.29, 0.717) is 6.54 Å². The smallest absolute Gasteiger partial charge is 0.255 e. The van der Waals surface area contributed by atoms with Crippen LogP contribution < -0.4 is 11.1 Å². The third-order valence-corrected chi connectivity index (χ3v) is 4.22. The van der Waals surface area contributed by atoms with Gasteiger partial charge in [-0.15, -0.1) is 0 Å². The van der Waals surface area contributed by atoms with E-state index in [2.05, 4.69) is 24.2 Å². The van der Waals surface area contributed by atoms with Gasteiger partial charge in [0.15, 0.2) is 0 Å². The third kappa shape index (κ3) is 4.43. The number of carbonyl (C=O) groups is 1. The molecule has 122 valence electrons. The van der Waals surface area contributed by atoms with Gasteiger partial charge in [0.25, 0.3) is 5.91 Å². The van der Waals surface area contributed by atoms with Gasteiger partial charge in [-0.25, -0.2) is 0 Å². The van der Waals surface area contributed by atoms with Crippen LogP contribution in [0.5, 0.6) is 0 Å². The first kappa shape index (κ1) is 18.0. The number of guanidine groups is 1. The average molecular weight is 296 g/mol. The molecule has 0 unspecified atom stereocenters. The summed E-state index contributed by atoms with van der Waals surface area (Å²) in [5.41, 5.74) is 5.12. The molecule has 0 aromatic carbocycles. The zero-order valence-electron chi connectivity index (χ0n) is 14.0. The molecule has 0 saturated carbocycles. The molecule has 1 heterocycles. The van der Waals surface area contributed by atoms with E-state index in [4.69, 9.17) is 5.73 Å². The molecule has 5 nitrogen and oxygen atoms in total. The second-order valence-electron chi connectivity index (χ2n) is 5.91. The number of carbonyl (C=O) groups excluding carboxylic acids is 1. The van der Waals surface area contributed by atoms with Crippen molar-refractivity contribution in [3.63, 3.8) is 0 Å². The van der Waals surface area contributed by atoms with Crippen LogP contribution in [0.2, 0.25) is 0 Å². The minimum absolute atomic E-state index is 0.210. The fourth-order valence-electron chi connectivity index (χ4n) is 2.91. The molecule has 0 radical (unpaired) electrons. The number of unbranched alkanes of at least 4 members (excludes halogenated alkanes) is 3. The van der Waals surface area contributed by atoms with E-state index < -0.39 is 5.54 Å². The molecule has 0 spiro atoms. The molecular weight excluding hydrogens is 264 g/mol. The molecule has 21 heavy (non-hydrogen) atoms. The molecule has 0 aliphatic carbocycles. The van der Waals surface area contributed by atoms with Crippen molar-refractivity contribution in [1.29, 1.82) is 0 Å². The van der Waals surface area contributed by atoms with Crippen LogP contribution in [-0.2, 0) is 4.79 Å². The van der Waals surface area contributed by atoms with Crippen LogP contribution in [0.3, 0.4) is 0 Å². The summed E-state index contributed by atoms with van der Waals surface area (Å²) in [6.07, 6.45) is 8.01. The summed E-state index contributed by atoms with van der Waals surface area (Å²) in [7, 11) is 1.75. The standard InChI is InChI=1S/C16H32N4O/c1-4-6-10-16(11-7-5-2)14(21)20(13-9-8-12-17)15(18-3)19-16/h4-13,17H2,1-3H3,(H,18,19). The van der Waals surface area contributed by atoms with Gasteiger partial charge in [-0.3, -0.25) is 14.7 Å². The average Bonchev–Trinajstić information content (AvgIpc) is 2.77. The number of nitrogens with one attached hydrogen (secondary N) is 1. The number of nitrogens with zero attached hydrogens (tertiary/aromatic N) is 2. The second-order valence-corrected chi connectivity index (χ2v) is 5.91. The summed E-state index contributed by atoms with van der Waals surface area (Å²) < 4.78 is 0. The largest absolute Gasteiger partial charge is 0.341 e. The Morgan fingerprint density at radius 2 is 1.76 bits per heavy atom. The highest BCUT2D eigenvalue weighted by Gasteiger charge is 2.48. The number of hydrogen-bond acceptors (Lipinski definition) is 3. The van der Waals surface area contributed by atoms with Gasteiger partial charge in [0.05, 0.1) is 0 Å². The summed E-state index contributed by atoms with van der Waals surface area (Å²) in [5, 5.41) is 3.45. The van der Waals surface area contributed by atoms with Crippen LogP contribution >= 0.6 is 0 Å². The van der Waals surface area contributed by atoms with Gasteiger partial charge in [-0.05, 0) is 32.2 Å². The topological polar surface area (TPSA) is 70.7 Å². The van der Waals surface area contributed by atoms with Crippen molar-refractivity contribution < 1.29 is 4.79 Å². The number of nitrogens with two attached hydrogens (primary N) is 1. The summed E-state index contributed by atoms with van der Waals surface area (Å²) in [5.74, 6) is 0.950. The van der Waals surface area contributed by atoms with Gasteiger partial charge in [-0.2, -0.15) is 0 Å². The molecule has 1 fully saturated rings. The molecule has 1 saturated heterocycles. The van der Waals surface area contributed by atoms with Crippen molar-refractivity contribution in [2.45, 2.75) is 70.8 Å². The van der Waals surface area contributed by atoms with E-state index in [1.165, 1.54) is 0 Å². The summed E-state index contributed by atoms with van der Waals surface area (Å²) in [4.78, 5) is 19.1. The predicted octanol–water partition coefficient (Wildman–Crippen LogP) is 2.26. The Bertz CT molecular complexity index is 346.